The molecule has 0 radical (unpaired) electrons. The molecule has 2 aromatic rings. The van der Waals surface area contributed by atoms with E-state index >= 15 is 0 Å². The molecule has 0 saturated carbocycles. The van der Waals surface area contributed by atoms with E-state index in [1.54, 1.807) is 22.7 Å². The standard InChI is InChI=1S/C13H16OS2/c1-13(2,3)11-7-6-10(16-11)12(14)9-5-4-8-15-9/h4-8,12,14H,1-3H3. The molecule has 0 aliphatic rings. The first-order chi connectivity index (χ1) is 7.48. The topological polar surface area (TPSA) is 20.2 Å². The highest BCUT2D eigenvalue weighted by Crippen LogP contribution is 2.35. The smallest absolute Gasteiger partial charge is 0.122 e. The number of aliphatic hydroxyl groups excluding tert-OH is 1. The van der Waals surface area contributed by atoms with Crippen LogP contribution in [0.2, 0.25) is 0 Å². The fourth-order valence-corrected chi connectivity index (χ4v) is 3.36. The van der Waals surface area contributed by atoms with Gasteiger partial charge in [0.05, 0.1) is 0 Å². The lowest BCUT2D eigenvalue weighted by Gasteiger charge is -2.15. The van der Waals surface area contributed by atoms with Crippen molar-refractivity contribution in [3.63, 3.8) is 0 Å². The van der Waals surface area contributed by atoms with Gasteiger partial charge in [-0.3, -0.25) is 0 Å². The monoisotopic (exact) mass is 252 g/mol. The van der Waals surface area contributed by atoms with Gasteiger partial charge in [-0.25, -0.2) is 0 Å². The average molecular weight is 252 g/mol. The quantitative estimate of drug-likeness (QED) is 0.849. The summed E-state index contributed by atoms with van der Waals surface area (Å²) in [6.07, 6.45) is -0.457. The lowest BCUT2D eigenvalue weighted by atomic mass is 9.95. The molecule has 1 N–H and O–H groups in total. The van der Waals surface area contributed by atoms with Crippen LogP contribution in [0.25, 0.3) is 0 Å². The molecule has 2 aromatic heterocycles. The number of thiophene rings is 2. The van der Waals surface area contributed by atoms with Gasteiger partial charge in [0.25, 0.3) is 0 Å². The Labute approximate surface area is 104 Å². The van der Waals surface area contributed by atoms with Crippen molar-refractivity contribution >= 4 is 22.7 Å². The molecule has 0 aromatic carbocycles. The van der Waals surface area contributed by atoms with E-state index in [2.05, 4.69) is 26.8 Å². The highest BCUT2D eigenvalue weighted by molar-refractivity contribution is 7.13. The summed E-state index contributed by atoms with van der Waals surface area (Å²) in [6, 6.07) is 8.11. The average Bonchev–Trinajstić information content (AvgIpc) is 2.87. The SMILES string of the molecule is CC(C)(C)c1ccc(C(O)c2cccs2)s1. The predicted molar refractivity (Wildman–Crippen MR) is 71.4 cm³/mol. The molecule has 86 valence electrons. The number of hydrogen-bond acceptors (Lipinski definition) is 3. The van der Waals surface area contributed by atoms with Crippen molar-refractivity contribution in [1.29, 1.82) is 0 Å². The summed E-state index contributed by atoms with van der Waals surface area (Å²) in [5.74, 6) is 0. The van der Waals surface area contributed by atoms with Crippen molar-refractivity contribution < 1.29 is 5.11 Å². The third-order valence-electron chi connectivity index (χ3n) is 2.45. The van der Waals surface area contributed by atoms with Gasteiger partial charge in [0.15, 0.2) is 0 Å². The summed E-state index contributed by atoms with van der Waals surface area (Å²) in [4.78, 5) is 3.37. The van der Waals surface area contributed by atoms with Gasteiger partial charge in [-0.15, -0.1) is 22.7 Å². The molecule has 0 bridgehead atoms. The second-order valence-corrected chi connectivity index (χ2v) is 6.96. The van der Waals surface area contributed by atoms with Crippen LogP contribution in [-0.2, 0) is 5.41 Å². The minimum atomic E-state index is -0.457. The molecular formula is C13H16OS2. The Kier molecular flexibility index (Phi) is 3.19. The first kappa shape index (κ1) is 11.8. The highest BCUT2D eigenvalue weighted by Gasteiger charge is 2.19. The maximum Gasteiger partial charge on any atom is 0.122 e. The Morgan fingerprint density at radius 1 is 1.12 bits per heavy atom. The number of rotatable bonds is 2. The van der Waals surface area contributed by atoms with E-state index in [1.807, 2.05) is 23.6 Å². The zero-order valence-corrected chi connectivity index (χ0v) is 11.4. The molecule has 1 unspecified atom stereocenters. The van der Waals surface area contributed by atoms with Crippen molar-refractivity contribution in [3.8, 4) is 0 Å². The largest absolute Gasteiger partial charge is 0.382 e. The van der Waals surface area contributed by atoms with Crippen LogP contribution in [-0.4, -0.2) is 5.11 Å². The van der Waals surface area contributed by atoms with E-state index in [9.17, 15) is 5.11 Å². The molecule has 2 rings (SSSR count). The van der Waals surface area contributed by atoms with Crippen LogP contribution in [0.3, 0.4) is 0 Å². The van der Waals surface area contributed by atoms with Crippen molar-refractivity contribution in [2.75, 3.05) is 0 Å². The molecule has 1 atom stereocenters. The van der Waals surface area contributed by atoms with Crippen molar-refractivity contribution in [3.05, 3.63) is 44.3 Å². The van der Waals surface area contributed by atoms with Crippen LogP contribution in [0, 0.1) is 0 Å². The first-order valence-electron chi connectivity index (χ1n) is 5.30. The molecule has 0 amide bonds. The third kappa shape index (κ3) is 2.37. The minimum absolute atomic E-state index is 0.165. The van der Waals surface area contributed by atoms with Crippen LogP contribution >= 0.6 is 22.7 Å². The molecule has 3 heteroatoms. The Hall–Kier alpha value is -0.640. The molecule has 0 fully saturated rings. The Morgan fingerprint density at radius 3 is 2.38 bits per heavy atom. The molecular weight excluding hydrogens is 236 g/mol. The summed E-state index contributed by atoms with van der Waals surface area (Å²) in [5, 5.41) is 12.2. The molecule has 0 aliphatic carbocycles. The summed E-state index contributed by atoms with van der Waals surface area (Å²) in [7, 11) is 0. The molecule has 1 nitrogen and oxygen atoms in total. The first-order valence-corrected chi connectivity index (χ1v) is 7.00. The minimum Gasteiger partial charge on any atom is -0.382 e. The van der Waals surface area contributed by atoms with Gasteiger partial charge in [0.1, 0.15) is 6.10 Å². The molecule has 0 aliphatic heterocycles. The Morgan fingerprint density at radius 2 is 1.88 bits per heavy atom. The van der Waals surface area contributed by atoms with Crippen LogP contribution in [0.4, 0.5) is 0 Å². The summed E-state index contributed by atoms with van der Waals surface area (Å²) >= 11 is 3.30. The van der Waals surface area contributed by atoms with E-state index < -0.39 is 6.10 Å². The van der Waals surface area contributed by atoms with Gasteiger partial charge in [-0.1, -0.05) is 26.8 Å². The van der Waals surface area contributed by atoms with Crippen LogP contribution in [0.5, 0.6) is 0 Å². The Balaban J connectivity index is 2.26. The Bertz CT molecular complexity index is 448. The van der Waals surface area contributed by atoms with Gasteiger partial charge >= 0.3 is 0 Å². The maximum absolute atomic E-state index is 10.2. The summed E-state index contributed by atoms with van der Waals surface area (Å²) < 4.78 is 0. The van der Waals surface area contributed by atoms with Crippen molar-refractivity contribution in [1.82, 2.24) is 0 Å². The van der Waals surface area contributed by atoms with Crippen molar-refractivity contribution in [2.45, 2.75) is 32.3 Å². The lowest BCUT2D eigenvalue weighted by molar-refractivity contribution is 0.228. The van der Waals surface area contributed by atoms with Gasteiger partial charge in [0.2, 0.25) is 0 Å². The third-order valence-corrected chi connectivity index (χ3v) is 4.94. The van der Waals surface area contributed by atoms with Crippen molar-refractivity contribution in [2.24, 2.45) is 0 Å². The summed E-state index contributed by atoms with van der Waals surface area (Å²) in [6.45, 7) is 6.58. The van der Waals surface area contributed by atoms with E-state index in [-0.39, 0.29) is 5.41 Å². The fourth-order valence-electron chi connectivity index (χ4n) is 1.49. The maximum atomic E-state index is 10.2. The van der Waals surface area contributed by atoms with Crippen LogP contribution in [0.1, 0.15) is 41.5 Å². The predicted octanol–water partition coefficient (Wildman–Crippen LogP) is 4.19. The molecule has 2 heterocycles. The van der Waals surface area contributed by atoms with E-state index in [0.29, 0.717) is 0 Å². The lowest BCUT2D eigenvalue weighted by Crippen LogP contribution is -2.07. The van der Waals surface area contributed by atoms with Gasteiger partial charge in [-0.05, 0) is 29.0 Å². The van der Waals surface area contributed by atoms with Gasteiger partial charge in [0, 0.05) is 14.6 Å². The molecule has 16 heavy (non-hydrogen) atoms. The van der Waals surface area contributed by atoms with Gasteiger partial charge < -0.3 is 5.11 Å². The second-order valence-electron chi connectivity index (χ2n) is 4.87. The van der Waals surface area contributed by atoms with Gasteiger partial charge in [-0.2, -0.15) is 0 Å². The number of hydrogen-bond donors (Lipinski definition) is 1. The summed E-state index contributed by atoms with van der Waals surface area (Å²) in [5.41, 5.74) is 0.165. The van der Waals surface area contributed by atoms with E-state index in [4.69, 9.17) is 0 Å². The molecule has 0 saturated heterocycles. The van der Waals surface area contributed by atoms with E-state index in [1.165, 1.54) is 4.88 Å². The van der Waals surface area contributed by atoms with E-state index in [0.717, 1.165) is 9.75 Å². The highest BCUT2D eigenvalue weighted by atomic mass is 32.1. The fraction of sp³-hybridized carbons (Fsp3) is 0.385. The molecule has 0 spiro atoms. The van der Waals surface area contributed by atoms with Crippen LogP contribution in [0.15, 0.2) is 29.6 Å². The zero-order chi connectivity index (χ0) is 11.8. The number of aliphatic hydroxyl groups is 1. The second kappa shape index (κ2) is 4.32. The van der Waals surface area contributed by atoms with Crippen LogP contribution < -0.4 is 0 Å². The zero-order valence-electron chi connectivity index (χ0n) is 9.73. The normalized spacial score (nSPS) is 14.0.